The molecule has 72 valence electrons. The Labute approximate surface area is 75.4 Å². The molecule has 0 aromatic rings. The molecule has 1 aliphatic carbocycles. The molecule has 2 heteroatoms. The molecule has 12 heavy (non-hydrogen) atoms. The fourth-order valence-corrected chi connectivity index (χ4v) is 1.59. The third-order valence-corrected chi connectivity index (χ3v) is 2.33. The summed E-state index contributed by atoms with van der Waals surface area (Å²) in [4.78, 5) is 0. The average Bonchev–Trinajstić information content (AvgIpc) is 2.30. The highest BCUT2D eigenvalue weighted by atomic mass is 16.3. The zero-order valence-corrected chi connectivity index (χ0v) is 8.43. The molecule has 0 amide bonds. The van der Waals surface area contributed by atoms with Gasteiger partial charge in [-0.25, -0.2) is 0 Å². The molecule has 0 saturated heterocycles. The van der Waals surface area contributed by atoms with Gasteiger partial charge in [-0.2, -0.15) is 0 Å². The maximum absolute atomic E-state index is 9.29. The summed E-state index contributed by atoms with van der Waals surface area (Å²) in [7, 11) is 0. The molecule has 0 spiro atoms. The lowest BCUT2D eigenvalue weighted by Crippen LogP contribution is -2.34. The second kappa shape index (κ2) is 3.75. The van der Waals surface area contributed by atoms with Crippen LogP contribution in [0.25, 0.3) is 0 Å². The number of rotatable bonds is 2. The van der Waals surface area contributed by atoms with Gasteiger partial charge >= 0.3 is 0 Å². The van der Waals surface area contributed by atoms with Crippen molar-refractivity contribution in [2.24, 2.45) is 5.41 Å². The van der Waals surface area contributed by atoms with Gasteiger partial charge < -0.3 is 10.4 Å². The minimum atomic E-state index is -0.0533. The zero-order chi connectivity index (χ0) is 9.19. The quantitative estimate of drug-likeness (QED) is 0.660. The second-order valence-corrected chi connectivity index (χ2v) is 5.11. The molecule has 0 radical (unpaired) electrons. The predicted octanol–water partition coefficient (Wildman–Crippen LogP) is 1.54. The topological polar surface area (TPSA) is 32.3 Å². The van der Waals surface area contributed by atoms with E-state index in [4.69, 9.17) is 0 Å². The molecule has 0 bridgehead atoms. The molecule has 1 saturated carbocycles. The van der Waals surface area contributed by atoms with Crippen molar-refractivity contribution >= 4 is 0 Å². The van der Waals surface area contributed by atoms with E-state index in [-0.39, 0.29) is 6.10 Å². The number of nitrogens with one attached hydrogen (secondary N) is 1. The van der Waals surface area contributed by atoms with Gasteiger partial charge in [-0.15, -0.1) is 0 Å². The van der Waals surface area contributed by atoms with E-state index >= 15 is 0 Å². The molecular formula is C10H21NO. The van der Waals surface area contributed by atoms with Crippen molar-refractivity contribution in [2.45, 2.75) is 52.2 Å². The van der Waals surface area contributed by atoms with Gasteiger partial charge in [-0.05, 0) is 24.7 Å². The molecule has 2 N–H and O–H groups in total. The molecule has 0 heterocycles. The molecule has 0 unspecified atom stereocenters. The highest BCUT2D eigenvalue weighted by Gasteiger charge is 2.23. The van der Waals surface area contributed by atoms with Gasteiger partial charge in [0.05, 0.1) is 6.10 Å². The number of hydrogen-bond acceptors (Lipinski definition) is 2. The monoisotopic (exact) mass is 171 g/mol. The van der Waals surface area contributed by atoms with Crippen LogP contribution in [-0.2, 0) is 0 Å². The van der Waals surface area contributed by atoms with E-state index in [1.54, 1.807) is 0 Å². The first-order valence-electron chi connectivity index (χ1n) is 4.89. The van der Waals surface area contributed by atoms with Crippen LogP contribution in [0.4, 0.5) is 0 Å². The van der Waals surface area contributed by atoms with Crippen molar-refractivity contribution in [3.05, 3.63) is 0 Å². The lowest BCUT2D eigenvalue weighted by Gasteiger charge is -2.22. The Hall–Kier alpha value is -0.0800. The van der Waals surface area contributed by atoms with E-state index in [0.29, 0.717) is 11.5 Å². The van der Waals surface area contributed by atoms with Crippen LogP contribution < -0.4 is 5.32 Å². The maximum atomic E-state index is 9.29. The van der Waals surface area contributed by atoms with Crippen LogP contribution in [0.3, 0.4) is 0 Å². The largest absolute Gasteiger partial charge is 0.393 e. The molecule has 1 rings (SSSR count). The first-order valence-corrected chi connectivity index (χ1v) is 4.89. The first-order chi connectivity index (χ1) is 5.47. The average molecular weight is 171 g/mol. The van der Waals surface area contributed by atoms with E-state index in [1.165, 1.54) is 0 Å². The Balaban J connectivity index is 2.16. The predicted molar refractivity (Wildman–Crippen MR) is 51.1 cm³/mol. The molecule has 0 aliphatic heterocycles. The van der Waals surface area contributed by atoms with Crippen molar-refractivity contribution in [3.63, 3.8) is 0 Å². The minimum absolute atomic E-state index is 0.0533. The highest BCUT2D eigenvalue weighted by Crippen LogP contribution is 2.20. The van der Waals surface area contributed by atoms with Gasteiger partial charge in [0.25, 0.3) is 0 Å². The highest BCUT2D eigenvalue weighted by molar-refractivity contribution is 4.81. The smallest absolute Gasteiger partial charge is 0.0555 e. The molecule has 2 atom stereocenters. The third kappa shape index (κ3) is 3.55. The maximum Gasteiger partial charge on any atom is 0.0555 e. The summed E-state index contributed by atoms with van der Waals surface area (Å²) in [6.45, 7) is 7.73. The normalized spacial score (nSPS) is 31.0. The van der Waals surface area contributed by atoms with E-state index in [9.17, 15) is 5.11 Å². The van der Waals surface area contributed by atoms with Crippen molar-refractivity contribution < 1.29 is 5.11 Å². The van der Waals surface area contributed by atoms with Crippen molar-refractivity contribution in [1.29, 1.82) is 0 Å². The van der Waals surface area contributed by atoms with Crippen LogP contribution in [0, 0.1) is 5.41 Å². The molecule has 0 aromatic carbocycles. The summed E-state index contributed by atoms with van der Waals surface area (Å²) in [6, 6.07) is 0.555. The van der Waals surface area contributed by atoms with Gasteiger partial charge in [0.2, 0.25) is 0 Å². The lowest BCUT2D eigenvalue weighted by atomic mass is 9.96. The molecule has 0 aromatic heterocycles. The summed E-state index contributed by atoms with van der Waals surface area (Å²) in [5.74, 6) is 0. The van der Waals surface area contributed by atoms with Gasteiger partial charge in [0.15, 0.2) is 0 Å². The Morgan fingerprint density at radius 2 is 2.00 bits per heavy atom. The van der Waals surface area contributed by atoms with Crippen LogP contribution in [0.1, 0.15) is 40.0 Å². The van der Waals surface area contributed by atoms with Gasteiger partial charge in [-0.1, -0.05) is 20.8 Å². The third-order valence-electron chi connectivity index (χ3n) is 2.33. The Kier molecular flexibility index (Phi) is 3.13. The van der Waals surface area contributed by atoms with E-state index in [2.05, 4.69) is 26.1 Å². The summed E-state index contributed by atoms with van der Waals surface area (Å²) in [5, 5.41) is 12.8. The fraction of sp³-hybridized carbons (Fsp3) is 1.00. The van der Waals surface area contributed by atoms with Gasteiger partial charge in [0, 0.05) is 12.6 Å². The second-order valence-electron chi connectivity index (χ2n) is 5.11. The SMILES string of the molecule is CC(C)(C)CN[C@H]1CC[C@@H](O)C1. The number of aliphatic hydroxyl groups excluding tert-OH is 1. The lowest BCUT2D eigenvalue weighted by molar-refractivity contribution is 0.178. The van der Waals surface area contributed by atoms with Crippen LogP contribution in [0.5, 0.6) is 0 Å². The standard InChI is InChI=1S/C10H21NO/c1-10(2,3)7-11-8-4-5-9(12)6-8/h8-9,11-12H,4-7H2,1-3H3/t8-,9+/m0/s1. The summed E-state index contributed by atoms with van der Waals surface area (Å²) < 4.78 is 0. The van der Waals surface area contributed by atoms with E-state index in [0.717, 1.165) is 25.8 Å². The van der Waals surface area contributed by atoms with Crippen LogP contribution in [-0.4, -0.2) is 23.8 Å². The van der Waals surface area contributed by atoms with Crippen molar-refractivity contribution in [2.75, 3.05) is 6.54 Å². The summed E-state index contributed by atoms with van der Waals surface area (Å²) in [6.07, 6.45) is 3.00. The Morgan fingerprint density at radius 1 is 1.33 bits per heavy atom. The van der Waals surface area contributed by atoms with Gasteiger partial charge in [0.1, 0.15) is 0 Å². The van der Waals surface area contributed by atoms with Crippen LogP contribution in [0.2, 0.25) is 0 Å². The molecule has 1 aliphatic rings. The Bertz CT molecular complexity index is 139. The zero-order valence-electron chi connectivity index (χ0n) is 8.43. The fourth-order valence-electron chi connectivity index (χ4n) is 1.59. The van der Waals surface area contributed by atoms with Crippen molar-refractivity contribution in [3.8, 4) is 0 Å². The number of hydrogen-bond donors (Lipinski definition) is 2. The van der Waals surface area contributed by atoms with Gasteiger partial charge in [-0.3, -0.25) is 0 Å². The molecule has 1 fully saturated rings. The van der Waals surface area contributed by atoms with Crippen LogP contribution >= 0.6 is 0 Å². The van der Waals surface area contributed by atoms with Crippen molar-refractivity contribution in [1.82, 2.24) is 5.32 Å². The minimum Gasteiger partial charge on any atom is -0.393 e. The molecular weight excluding hydrogens is 150 g/mol. The molecule has 2 nitrogen and oxygen atoms in total. The first kappa shape index (κ1) is 10.0. The van der Waals surface area contributed by atoms with Crippen LogP contribution in [0.15, 0.2) is 0 Å². The van der Waals surface area contributed by atoms with E-state index < -0.39 is 0 Å². The van der Waals surface area contributed by atoms with E-state index in [1.807, 2.05) is 0 Å². The summed E-state index contributed by atoms with van der Waals surface area (Å²) in [5.41, 5.74) is 0.355. The Morgan fingerprint density at radius 3 is 2.42 bits per heavy atom. The summed E-state index contributed by atoms with van der Waals surface area (Å²) >= 11 is 0. The number of aliphatic hydroxyl groups is 1.